The van der Waals surface area contributed by atoms with Gasteiger partial charge in [0.25, 0.3) is 0 Å². The van der Waals surface area contributed by atoms with Gasteiger partial charge in [0.2, 0.25) is 15.9 Å². The summed E-state index contributed by atoms with van der Waals surface area (Å²) in [4.78, 5) is 10.9. The molecule has 1 aromatic carbocycles. The number of hydrogen-bond donors (Lipinski definition) is 2. The molecule has 0 spiro atoms. The van der Waals surface area contributed by atoms with Crippen LogP contribution in [0.15, 0.2) is 27.6 Å². The van der Waals surface area contributed by atoms with Gasteiger partial charge < -0.3 is 5.32 Å². The summed E-state index contributed by atoms with van der Waals surface area (Å²) in [7, 11) is -3.77. The van der Waals surface area contributed by atoms with Crippen molar-refractivity contribution in [3.8, 4) is 0 Å². The van der Waals surface area contributed by atoms with Crippen molar-refractivity contribution in [2.45, 2.75) is 17.4 Å². The Labute approximate surface area is 112 Å². The molecule has 0 aromatic heterocycles. The highest BCUT2D eigenvalue weighted by atomic mass is 79.9. The lowest BCUT2D eigenvalue weighted by atomic mass is 10.3. The topological polar surface area (TPSA) is 75.3 Å². The molecule has 1 aliphatic heterocycles. The van der Waals surface area contributed by atoms with Crippen molar-refractivity contribution in [3.63, 3.8) is 0 Å². The maximum atomic E-state index is 12.9. The van der Waals surface area contributed by atoms with E-state index >= 15 is 0 Å². The first kappa shape index (κ1) is 13.4. The highest BCUT2D eigenvalue weighted by Crippen LogP contribution is 2.23. The number of carbonyl (C=O) groups excluding carboxylic acids is 1. The average Bonchev–Trinajstić information content (AvgIpc) is 2.62. The molecule has 2 N–H and O–H groups in total. The van der Waals surface area contributed by atoms with Crippen LogP contribution in [0.1, 0.15) is 6.42 Å². The van der Waals surface area contributed by atoms with E-state index in [0.717, 1.165) is 12.1 Å². The standard InChI is InChI=1S/C10H10BrFN2O3S/c11-8-3-6(12)1-2-9(8)18(16,17)14-7-4-10(15)13-5-7/h1-3,7,14H,4-5H2,(H,13,15). The van der Waals surface area contributed by atoms with Crippen molar-refractivity contribution < 1.29 is 17.6 Å². The SMILES string of the molecule is O=C1CC(NS(=O)(=O)c2ccc(F)cc2Br)CN1. The van der Waals surface area contributed by atoms with Crippen molar-refractivity contribution in [2.75, 3.05) is 6.54 Å². The van der Waals surface area contributed by atoms with Crippen LogP contribution in [0, 0.1) is 5.82 Å². The van der Waals surface area contributed by atoms with Crippen molar-refractivity contribution in [3.05, 3.63) is 28.5 Å². The van der Waals surface area contributed by atoms with E-state index in [1.165, 1.54) is 6.07 Å². The van der Waals surface area contributed by atoms with Crippen LogP contribution < -0.4 is 10.0 Å². The van der Waals surface area contributed by atoms with Crippen LogP contribution >= 0.6 is 15.9 Å². The van der Waals surface area contributed by atoms with Crippen LogP contribution in [0.3, 0.4) is 0 Å². The van der Waals surface area contributed by atoms with Gasteiger partial charge in [0, 0.05) is 23.5 Å². The molecule has 1 atom stereocenters. The minimum atomic E-state index is -3.77. The molecule has 1 aromatic rings. The fourth-order valence-corrected chi connectivity index (χ4v) is 3.95. The Kier molecular flexibility index (Phi) is 3.69. The zero-order valence-electron chi connectivity index (χ0n) is 9.11. The van der Waals surface area contributed by atoms with Gasteiger partial charge in [-0.05, 0) is 34.1 Å². The minimum absolute atomic E-state index is 0.0525. The molecule has 0 radical (unpaired) electrons. The van der Waals surface area contributed by atoms with Gasteiger partial charge in [-0.2, -0.15) is 0 Å². The maximum absolute atomic E-state index is 12.9. The van der Waals surface area contributed by atoms with Crippen molar-refractivity contribution in [1.82, 2.24) is 10.0 Å². The van der Waals surface area contributed by atoms with Gasteiger partial charge in [0.1, 0.15) is 5.82 Å². The third-order valence-corrected chi connectivity index (χ3v) is 4.98. The molecule has 1 amide bonds. The first-order valence-electron chi connectivity index (χ1n) is 5.12. The molecule has 1 saturated heterocycles. The largest absolute Gasteiger partial charge is 0.354 e. The van der Waals surface area contributed by atoms with Crippen LogP contribution in [0.2, 0.25) is 0 Å². The quantitative estimate of drug-likeness (QED) is 0.855. The van der Waals surface area contributed by atoms with Crippen LogP contribution in [-0.4, -0.2) is 26.9 Å². The lowest BCUT2D eigenvalue weighted by Gasteiger charge is -2.12. The van der Waals surface area contributed by atoms with Gasteiger partial charge in [0.15, 0.2) is 0 Å². The molecule has 18 heavy (non-hydrogen) atoms. The number of rotatable bonds is 3. The summed E-state index contributed by atoms with van der Waals surface area (Å²) < 4.78 is 39.5. The molecule has 5 nitrogen and oxygen atoms in total. The van der Waals surface area contributed by atoms with Gasteiger partial charge in [-0.3, -0.25) is 4.79 Å². The van der Waals surface area contributed by atoms with Gasteiger partial charge in [-0.1, -0.05) is 0 Å². The third-order valence-electron chi connectivity index (χ3n) is 2.48. The number of sulfonamides is 1. The van der Waals surface area contributed by atoms with E-state index in [2.05, 4.69) is 26.0 Å². The summed E-state index contributed by atoms with van der Waals surface area (Å²) in [6.07, 6.45) is 0.109. The smallest absolute Gasteiger partial charge is 0.242 e. The molecular formula is C10H10BrFN2O3S. The number of hydrogen-bond acceptors (Lipinski definition) is 3. The Bertz CT molecular complexity index is 591. The summed E-state index contributed by atoms with van der Waals surface area (Å²) in [6.45, 7) is 0.261. The van der Waals surface area contributed by atoms with E-state index in [0.29, 0.717) is 0 Å². The molecule has 8 heteroatoms. The van der Waals surface area contributed by atoms with Crippen molar-refractivity contribution in [2.24, 2.45) is 0 Å². The molecule has 1 aliphatic rings. The average molecular weight is 337 g/mol. The number of nitrogens with one attached hydrogen (secondary N) is 2. The summed E-state index contributed by atoms with van der Waals surface area (Å²) in [5.74, 6) is -0.723. The highest BCUT2D eigenvalue weighted by Gasteiger charge is 2.27. The van der Waals surface area contributed by atoms with Crippen molar-refractivity contribution in [1.29, 1.82) is 0 Å². The van der Waals surface area contributed by atoms with Gasteiger partial charge in [-0.25, -0.2) is 17.5 Å². The van der Waals surface area contributed by atoms with Crippen LogP contribution in [0.5, 0.6) is 0 Å². The summed E-state index contributed by atoms with van der Waals surface area (Å²) in [6, 6.07) is 2.84. The van der Waals surface area contributed by atoms with E-state index in [4.69, 9.17) is 0 Å². The molecule has 1 heterocycles. The van der Waals surface area contributed by atoms with Gasteiger partial charge in [-0.15, -0.1) is 0 Å². The fourth-order valence-electron chi connectivity index (χ4n) is 1.66. The first-order valence-corrected chi connectivity index (χ1v) is 7.40. The van der Waals surface area contributed by atoms with E-state index in [1.54, 1.807) is 0 Å². The molecule has 1 unspecified atom stereocenters. The second-order valence-electron chi connectivity index (χ2n) is 3.90. The van der Waals surface area contributed by atoms with Gasteiger partial charge in [0.05, 0.1) is 4.90 Å². The second-order valence-corrected chi connectivity index (χ2v) is 6.44. The normalized spacial score (nSPS) is 19.9. The third kappa shape index (κ3) is 2.88. The van der Waals surface area contributed by atoms with Crippen LogP contribution in [-0.2, 0) is 14.8 Å². The Morgan fingerprint density at radius 1 is 1.44 bits per heavy atom. The van der Waals surface area contributed by atoms with E-state index in [-0.39, 0.29) is 28.2 Å². The Morgan fingerprint density at radius 3 is 2.72 bits per heavy atom. The highest BCUT2D eigenvalue weighted by molar-refractivity contribution is 9.10. The summed E-state index contributed by atoms with van der Waals surface area (Å²) >= 11 is 3.00. The summed E-state index contributed by atoms with van der Waals surface area (Å²) in [5, 5.41) is 2.53. The Balaban J connectivity index is 2.23. The lowest BCUT2D eigenvalue weighted by molar-refractivity contribution is -0.119. The number of benzene rings is 1. The minimum Gasteiger partial charge on any atom is -0.354 e. The molecule has 0 bridgehead atoms. The molecule has 1 fully saturated rings. The number of halogens is 2. The zero-order chi connectivity index (χ0) is 13.3. The van der Waals surface area contributed by atoms with E-state index < -0.39 is 21.9 Å². The zero-order valence-corrected chi connectivity index (χ0v) is 11.5. The molecule has 0 aliphatic carbocycles. The Hall–Kier alpha value is -0.990. The van der Waals surface area contributed by atoms with Gasteiger partial charge >= 0.3 is 0 Å². The summed E-state index contributed by atoms with van der Waals surface area (Å²) in [5.41, 5.74) is 0. The first-order chi connectivity index (χ1) is 8.38. The second kappa shape index (κ2) is 4.94. The monoisotopic (exact) mass is 336 g/mol. The fraction of sp³-hybridized carbons (Fsp3) is 0.300. The van der Waals surface area contributed by atoms with E-state index in [1.807, 2.05) is 0 Å². The number of carbonyl (C=O) groups is 1. The van der Waals surface area contributed by atoms with E-state index in [9.17, 15) is 17.6 Å². The van der Waals surface area contributed by atoms with Crippen LogP contribution in [0.4, 0.5) is 4.39 Å². The molecular weight excluding hydrogens is 327 g/mol. The predicted molar refractivity (Wildman–Crippen MR) is 65.8 cm³/mol. The lowest BCUT2D eigenvalue weighted by Crippen LogP contribution is -2.36. The number of amides is 1. The predicted octanol–water partition coefficient (Wildman–Crippen LogP) is 0.755. The molecule has 98 valence electrons. The maximum Gasteiger partial charge on any atom is 0.242 e. The molecule has 0 saturated carbocycles. The molecule has 2 rings (SSSR count). The Morgan fingerprint density at radius 2 is 2.17 bits per heavy atom. The van der Waals surface area contributed by atoms with Crippen LogP contribution in [0.25, 0.3) is 0 Å². The van der Waals surface area contributed by atoms with Crippen molar-refractivity contribution >= 4 is 31.9 Å².